The van der Waals surface area contributed by atoms with E-state index in [4.69, 9.17) is 4.74 Å². The van der Waals surface area contributed by atoms with Crippen LogP contribution in [0.5, 0.6) is 5.75 Å². The molecule has 0 bridgehead atoms. The molecule has 4 rings (SSSR count). The van der Waals surface area contributed by atoms with Crippen LogP contribution in [0.15, 0.2) is 88.7 Å². The van der Waals surface area contributed by atoms with Crippen molar-refractivity contribution in [3.05, 3.63) is 99.8 Å². The quantitative estimate of drug-likeness (QED) is 0.393. The molecule has 0 aliphatic carbocycles. The third-order valence-corrected chi connectivity index (χ3v) is 5.97. The van der Waals surface area contributed by atoms with Crippen molar-refractivity contribution >= 4 is 33.2 Å². The maximum Gasteiger partial charge on any atom is 1.00 e. The molecular formula is C24H16BrNaO3S. The fourth-order valence-corrected chi connectivity index (χ4v) is 4.35. The van der Waals surface area contributed by atoms with Crippen molar-refractivity contribution in [3.8, 4) is 27.3 Å². The van der Waals surface area contributed by atoms with Gasteiger partial charge < -0.3 is 14.6 Å². The first-order chi connectivity index (χ1) is 14.1. The summed E-state index contributed by atoms with van der Waals surface area (Å²) in [6.07, 6.45) is 0. The van der Waals surface area contributed by atoms with Gasteiger partial charge in [0.25, 0.3) is 0 Å². The number of ether oxygens (including phenoxy) is 1. The Morgan fingerprint density at radius 1 is 0.933 bits per heavy atom. The fourth-order valence-electron chi connectivity index (χ4n) is 3.08. The molecule has 0 atom stereocenters. The Hall–Kier alpha value is -1.89. The van der Waals surface area contributed by atoms with Gasteiger partial charge in [-0.2, -0.15) is 0 Å². The van der Waals surface area contributed by atoms with Crippen LogP contribution in [0.25, 0.3) is 21.6 Å². The third-order valence-electron chi connectivity index (χ3n) is 4.52. The third kappa shape index (κ3) is 5.23. The molecule has 144 valence electrons. The molecule has 0 unspecified atom stereocenters. The van der Waals surface area contributed by atoms with Crippen LogP contribution in [-0.2, 0) is 6.61 Å². The van der Waals surface area contributed by atoms with E-state index in [9.17, 15) is 9.90 Å². The Labute approximate surface area is 209 Å². The summed E-state index contributed by atoms with van der Waals surface area (Å²) in [6.45, 7) is 0.481. The molecule has 0 amide bonds. The molecule has 0 fully saturated rings. The van der Waals surface area contributed by atoms with E-state index in [0.29, 0.717) is 6.61 Å². The first-order valence-electron chi connectivity index (χ1n) is 8.98. The molecule has 3 aromatic carbocycles. The summed E-state index contributed by atoms with van der Waals surface area (Å²) in [6, 6.07) is 24.8. The van der Waals surface area contributed by atoms with Crippen LogP contribution in [0.3, 0.4) is 0 Å². The Morgan fingerprint density at radius 2 is 1.67 bits per heavy atom. The minimum atomic E-state index is -1.17. The predicted octanol–water partition coefficient (Wildman–Crippen LogP) is 2.79. The maximum atomic E-state index is 11.0. The van der Waals surface area contributed by atoms with E-state index in [0.717, 1.165) is 37.4 Å². The molecule has 4 aromatic rings. The van der Waals surface area contributed by atoms with Gasteiger partial charge in [-0.15, -0.1) is 11.3 Å². The number of rotatable bonds is 6. The van der Waals surface area contributed by atoms with E-state index in [2.05, 4.69) is 22.0 Å². The van der Waals surface area contributed by atoms with Gasteiger partial charge in [-0.3, -0.25) is 0 Å². The van der Waals surface area contributed by atoms with Gasteiger partial charge in [-0.1, -0.05) is 70.5 Å². The summed E-state index contributed by atoms with van der Waals surface area (Å²) in [7, 11) is 0. The van der Waals surface area contributed by atoms with Gasteiger partial charge in [-0.05, 0) is 46.3 Å². The molecule has 6 heteroatoms. The molecule has 30 heavy (non-hydrogen) atoms. The maximum absolute atomic E-state index is 11.0. The molecule has 0 aliphatic rings. The molecule has 1 heterocycles. The Morgan fingerprint density at radius 3 is 2.37 bits per heavy atom. The van der Waals surface area contributed by atoms with Crippen LogP contribution in [0.4, 0.5) is 0 Å². The minimum absolute atomic E-state index is 0. The fraction of sp³-hybridized carbons (Fsp3) is 0.0417. The molecule has 0 spiro atoms. The second-order valence-corrected chi connectivity index (χ2v) is 8.27. The smallest absolute Gasteiger partial charge is 0.545 e. The van der Waals surface area contributed by atoms with Crippen molar-refractivity contribution in [2.45, 2.75) is 6.61 Å². The van der Waals surface area contributed by atoms with E-state index >= 15 is 0 Å². The van der Waals surface area contributed by atoms with Crippen LogP contribution in [0.2, 0.25) is 0 Å². The normalized spacial score (nSPS) is 10.3. The van der Waals surface area contributed by atoms with Crippen molar-refractivity contribution in [1.82, 2.24) is 0 Å². The van der Waals surface area contributed by atoms with Crippen LogP contribution >= 0.6 is 27.3 Å². The second kappa shape index (κ2) is 10.4. The minimum Gasteiger partial charge on any atom is -0.545 e. The van der Waals surface area contributed by atoms with E-state index < -0.39 is 5.97 Å². The number of carboxylic acids is 1. The summed E-state index contributed by atoms with van der Waals surface area (Å²) < 4.78 is 7.10. The molecule has 1 aromatic heterocycles. The van der Waals surface area contributed by atoms with Gasteiger partial charge in [0.1, 0.15) is 12.4 Å². The molecule has 3 nitrogen and oxygen atoms in total. The average molecular weight is 487 g/mol. The van der Waals surface area contributed by atoms with E-state index in [-0.39, 0.29) is 35.1 Å². The summed E-state index contributed by atoms with van der Waals surface area (Å²) in [5, 5.41) is 13.1. The van der Waals surface area contributed by atoms with Crippen molar-refractivity contribution < 1.29 is 44.2 Å². The number of hydrogen-bond acceptors (Lipinski definition) is 4. The topological polar surface area (TPSA) is 49.4 Å². The van der Waals surface area contributed by atoms with E-state index in [1.165, 1.54) is 0 Å². The van der Waals surface area contributed by atoms with Gasteiger partial charge in [0, 0.05) is 20.5 Å². The number of carbonyl (C=O) groups is 1. The first kappa shape index (κ1) is 22.8. The van der Waals surface area contributed by atoms with Gasteiger partial charge in [0.2, 0.25) is 0 Å². The largest absolute Gasteiger partial charge is 1.00 e. The number of carboxylic acid groups (broad SMARTS) is 1. The summed E-state index contributed by atoms with van der Waals surface area (Å²) in [5.74, 6) is -0.380. The van der Waals surface area contributed by atoms with Crippen LogP contribution < -0.4 is 39.4 Å². The van der Waals surface area contributed by atoms with Gasteiger partial charge in [-0.25, -0.2) is 0 Å². The zero-order valence-corrected chi connectivity index (χ0v) is 20.7. The van der Waals surface area contributed by atoms with Crippen molar-refractivity contribution in [2.24, 2.45) is 0 Å². The van der Waals surface area contributed by atoms with Crippen LogP contribution in [-0.4, -0.2) is 5.97 Å². The van der Waals surface area contributed by atoms with Crippen molar-refractivity contribution in [3.63, 3.8) is 0 Å². The Kier molecular flexibility index (Phi) is 7.92. The first-order valence-corrected chi connectivity index (χ1v) is 10.6. The molecular weight excluding hydrogens is 471 g/mol. The number of hydrogen-bond donors (Lipinski definition) is 0. The summed E-state index contributed by atoms with van der Waals surface area (Å²) in [5.41, 5.74) is 4.25. The van der Waals surface area contributed by atoms with Crippen molar-refractivity contribution in [2.75, 3.05) is 0 Å². The van der Waals surface area contributed by atoms with Crippen LogP contribution in [0, 0.1) is 0 Å². The Bertz CT molecular complexity index is 1140. The molecule has 0 saturated heterocycles. The number of carbonyl (C=O) groups excluding carboxylic acids is 1. The molecule has 0 radical (unpaired) electrons. The summed E-state index contributed by atoms with van der Waals surface area (Å²) in [4.78, 5) is 12.1. The van der Waals surface area contributed by atoms with Crippen molar-refractivity contribution in [1.29, 1.82) is 0 Å². The number of benzene rings is 3. The van der Waals surface area contributed by atoms with E-state index in [1.54, 1.807) is 23.5 Å². The van der Waals surface area contributed by atoms with Gasteiger partial charge in [0.05, 0.1) is 5.97 Å². The van der Waals surface area contributed by atoms with Gasteiger partial charge >= 0.3 is 29.6 Å². The average Bonchev–Trinajstić information content (AvgIpc) is 3.23. The number of thiophene rings is 1. The summed E-state index contributed by atoms with van der Waals surface area (Å²) >= 11 is 5.17. The zero-order chi connectivity index (χ0) is 20.2. The molecule has 0 aliphatic heterocycles. The van der Waals surface area contributed by atoms with E-state index in [1.807, 2.05) is 66.0 Å². The predicted molar refractivity (Wildman–Crippen MR) is 118 cm³/mol. The SMILES string of the molecule is O=C([O-])c1ccc(-c2sccc2-c2cc(Br)ccc2OCc2ccccc2)cc1.[Na+]. The second-order valence-electron chi connectivity index (χ2n) is 6.44. The number of aromatic carboxylic acids is 1. The molecule has 0 N–H and O–H groups in total. The number of halogens is 1. The molecule has 0 saturated carbocycles. The zero-order valence-electron chi connectivity index (χ0n) is 16.3. The monoisotopic (exact) mass is 486 g/mol. The Balaban J connectivity index is 0.00000256. The van der Waals surface area contributed by atoms with Gasteiger partial charge in [0.15, 0.2) is 0 Å². The van der Waals surface area contributed by atoms with Crippen LogP contribution in [0.1, 0.15) is 15.9 Å². The standard InChI is InChI=1S/C24H17BrO3S.Na/c25-19-10-11-22(28-15-16-4-2-1-3-5-16)21(14-19)20-12-13-29-23(20)17-6-8-18(9-7-17)24(26)27;/h1-14H,15H2,(H,26,27);/q;+1/p-1.